The average molecular weight is 549 g/mol. The fourth-order valence-corrected chi connectivity index (χ4v) is 5.23. The van der Waals surface area contributed by atoms with Crippen LogP contribution in [0.15, 0.2) is 65.6 Å². The molecular formula is C28H24N2O6S2. The lowest BCUT2D eigenvalue weighted by Crippen LogP contribution is -2.27. The van der Waals surface area contributed by atoms with Crippen LogP contribution in [0.2, 0.25) is 0 Å². The Morgan fingerprint density at radius 1 is 1.08 bits per heavy atom. The van der Waals surface area contributed by atoms with E-state index in [1.54, 1.807) is 42.5 Å². The van der Waals surface area contributed by atoms with Crippen LogP contribution >= 0.6 is 24.0 Å². The van der Waals surface area contributed by atoms with E-state index in [1.165, 1.54) is 16.7 Å². The minimum absolute atomic E-state index is 0.149. The maximum Gasteiger partial charge on any atom is 0.270 e. The van der Waals surface area contributed by atoms with Gasteiger partial charge in [-0.1, -0.05) is 42.2 Å². The van der Waals surface area contributed by atoms with Crippen LogP contribution < -0.4 is 29.2 Å². The number of amides is 2. The van der Waals surface area contributed by atoms with E-state index in [9.17, 15) is 9.59 Å². The number of hydrogen-bond acceptors (Lipinski definition) is 8. The number of anilines is 2. The number of ether oxygens (including phenoxy) is 4. The number of thiocarbonyl (C=S) groups is 1. The molecule has 2 aliphatic heterocycles. The van der Waals surface area contributed by atoms with Crippen molar-refractivity contribution in [2.45, 2.75) is 13.8 Å². The lowest BCUT2D eigenvalue weighted by Gasteiger charge is -2.15. The lowest BCUT2D eigenvalue weighted by molar-refractivity contribution is -0.118. The molecular weight excluding hydrogens is 524 g/mol. The lowest BCUT2D eigenvalue weighted by atomic mass is 10.1. The van der Waals surface area contributed by atoms with Crippen LogP contribution in [0, 0.1) is 6.92 Å². The fourth-order valence-electron chi connectivity index (χ4n) is 3.93. The van der Waals surface area contributed by atoms with Gasteiger partial charge in [0.15, 0.2) is 33.9 Å². The van der Waals surface area contributed by atoms with Crippen LogP contribution in [0.4, 0.5) is 11.4 Å². The Balaban J connectivity index is 1.29. The molecule has 2 aliphatic rings. The van der Waals surface area contributed by atoms with E-state index in [1.807, 2.05) is 38.1 Å². The van der Waals surface area contributed by atoms with E-state index in [2.05, 4.69) is 5.32 Å². The Labute approximate surface area is 229 Å². The van der Waals surface area contributed by atoms with Gasteiger partial charge in [0, 0.05) is 11.8 Å². The molecule has 0 aromatic heterocycles. The third-order valence-electron chi connectivity index (χ3n) is 5.63. The Bertz CT molecular complexity index is 1460. The zero-order chi connectivity index (χ0) is 26.6. The molecule has 0 spiro atoms. The molecule has 10 heteroatoms. The van der Waals surface area contributed by atoms with Gasteiger partial charge in [-0.15, -0.1) is 0 Å². The highest BCUT2D eigenvalue weighted by Crippen LogP contribution is 2.41. The van der Waals surface area contributed by atoms with E-state index in [-0.39, 0.29) is 25.2 Å². The minimum Gasteiger partial charge on any atom is -0.490 e. The molecule has 3 aromatic rings. The molecule has 0 aliphatic carbocycles. The molecule has 1 saturated heterocycles. The molecule has 3 aromatic carbocycles. The molecule has 194 valence electrons. The maximum absolute atomic E-state index is 13.2. The molecule has 0 atom stereocenters. The largest absolute Gasteiger partial charge is 0.490 e. The van der Waals surface area contributed by atoms with Crippen LogP contribution in [0.3, 0.4) is 0 Å². The summed E-state index contributed by atoms with van der Waals surface area (Å²) in [5, 5.41) is 2.82. The fraction of sp³-hybridized carbons (Fsp3) is 0.179. The normalized spacial score (nSPS) is 15.2. The Morgan fingerprint density at radius 2 is 1.92 bits per heavy atom. The molecule has 2 heterocycles. The number of hydrogen-bond donors (Lipinski definition) is 1. The number of nitrogens with zero attached hydrogens (tertiary/aromatic N) is 1. The van der Waals surface area contributed by atoms with Crippen molar-refractivity contribution in [2.75, 3.05) is 30.2 Å². The minimum atomic E-state index is -0.283. The van der Waals surface area contributed by atoms with Crippen molar-refractivity contribution in [2.24, 2.45) is 0 Å². The summed E-state index contributed by atoms with van der Waals surface area (Å²) in [6, 6.07) is 18.1. The number of fused-ring (bicyclic) bond motifs is 1. The smallest absolute Gasteiger partial charge is 0.270 e. The summed E-state index contributed by atoms with van der Waals surface area (Å²) in [6.45, 7) is 4.19. The maximum atomic E-state index is 13.2. The number of rotatable bonds is 8. The van der Waals surface area contributed by atoms with Crippen LogP contribution in [0.25, 0.3) is 6.08 Å². The summed E-state index contributed by atoms with van der Waals surface area (Å²) in [6.07, 6.45) is 1.75. The van der Waals surface area contributed by atoms with Crippen LogP contribution in [-0.2, 0) is 9.59 Å². The summed E-state index contributed by atoms with van der Waals surface area (Å²) < 4.78 is 22.7. The van der Waals surface area contributed by atoms with E-state index in [4.69, 9.17) is 31.2 Å². The van der Waals surface area contributed by atoms with Gasteiger partial charge >= 0.3 is 0 Å². The quantitative estimate of drug-likeness (QED) is 0.290. The van der Waals surface area contributed by atoms with Crippen molar-refractivity contribution in [3.05, 3.63) is 76.7 Å². The number of benzene rings is 3. The average Bonchev–Trinajstić information content (AvgIpc) is 3.46. The zero-order valence-corrected chi connectivity index (χ0v) is 22.3. The molecule has 5 rings (SSSR count). The number of nitrogens with one attached hydrogen (secondary N) is 1. The molecule has 8 nitrogen and oxygen atoms in total. The van der Waals surface area contributed by atoms with E-state index in [0.717, 1.165) is 11.1 Å². The van der Waals surface area contributed by atoms with E-state index in [0.29, 0.717) is 50.2 Å². The van der Waals surface area contributed by atoms with Crippen molar-refractivity contribution >= 4 is 57.6 Å². The first kappa shape index (κ1) is 25.6. The monoisotopic (exact) mass is 548 g/mol. The van der Waals surface area contributed by atoms with E-state index >= 15 is 0 Å². The highest BCUT2D eigenvalue weighted by atomic mass is 32.2. The van der Waals surface area contributed by atoms with Gasteiger partial charge in [-0.25, -0.2) is 0 Å². The zero-order valence-electron chi connectivity index (χ0n) is 20.7. The molecule has 1 N–H and O–H groups in total. The Hall–Kier alpha value is -4.02. The number of thioether (sulfide) groups is 1. The topological polar surface area (TPSA) is 86.3 Å². The van der Waals surface area contributed by atoms with Gasteiger partial charge in [-0.3, -0.25) is 14.5 Å². The summed E-state index contributed by atoms with van der Waals surface area (Å²) in [5.41, 5.74) is 3.10. The first-order valence-electron chi connectivity index (χ1n) is 11.8. The summed E-state index contributed by atoms with van der Waals surface area (Å²) in [5.74, 6) is 1.59. The molecule has 2 amide bonds. The third-order valence-corrected chi connectivity index (χ3v) is 6.94. The van der Waals surface area contributed by atoms with Gasteiger partial charge < -0.3 is 24.3 Å². The SMILES string of the molecule is CCOc1cc(/C=C2/SC(=S)N(c3ccc4c(c3)OCO4)C2=O)ccc1OCC(=O)Nc1cccc(C)c1. The van der Waals surface area contributed by atoms with Gasteiger partial charge in [-0.05, 0) is 67.4 Å². The highest BCUT2D eigenvalue weighted by Gasteiger charge is 2.34. The first-order chi connectivity index (χ1) is 18.4. The number of carbonyl (C=O) groups is 2. The Morgan fingerprint density at radius 3 is 2.74 bits per heavy atom. The van der Waals surface area contributed by atoms with Crippen molar-refractivity contribution in [1.29, 1.82) is 0 Å². The van der Waals surface area contributed by atoms with Gasteiger partial charge in [0.05, 0.1) is 17.2 Å². The van der Waals surface area contributed by atoms with Crippen LogP contribution in [-0.4, -0.2) is 36.1 Å². The van der Waals surface area contributed by atoms with Crippen LogP contribution in [0.5, 0.6) is 23.0 Å². The number of aryl methyl sites for hydroxylation is 1. The summed E-state index contributed by atoms with van der Waals surface area (Å²) >= 11 is 6.71. The second-order valence-electron chi connectivity index (χ2n) is 8.40. The van der Waals surface area contributed by atoms with E-state index < -0.39 is 0 Å². The van der Waals surface area contributed by atoms with Crippen molar-refractivity contribution < 1.29 is 28.5 Å². The molecule has 1 fully saturated rings. The third kappa shape index (κ3) is 5.61. The predicted molar refractivity (Wildman–Crippen MR) is 151 cm³/mol. The standard InChI is InChI=1S/C28H24N2O6S2/c1-3-33-23-12-18(7-9-21(23)34-15-26(31)29-19-6-4-5-17(2)11-19)13-25-27(32)30(28(37)38-25)20-8-10-22-24(14-20)36-16-35-22/h4-14H,3,15-16H2,1-2H3,(H,29,31)/b25-13+. The summed E-state index contributed by atoms with van der Waals surface area (Å²) in [7, 11) is 0. The van der Waals surface area contributed by atoms with Crippen molar-refractivity contribution in [1.82, 2.24) is 0 Å². The predicted octanol–water partition coefficient (Wildman–Crippen LogP) is 5.55. The molecule has 0 saturated carbocycles. The second-order valence-corrected chi connectivity index (χ2v) is 10.1. The molecule has 0 radical (unpaired) electrons. The van der Waals surface area contributed by atoms with Gasteiger partial charge in [0.2, 0.25) is 6.79 Å². The Kier molecular flexibility index (Phi) is 7.52. The summed E-state index contributed by atoms with van der Waals surface area (Å²) in [4.78, 5) is 27.6. The molecule has 38 heavy (non-hydrogen) atoms. The second kappa shape index (κ2) is 11.2. The molecule has 0 unspecified atom stereocenters. The van der Waals surface area contributed by atoms with Crippen LogP contribution in [0.1, 0.15) is 18.1 Å². The van der Waals surface area contributed by atoms with Gasteiger partial charge in [0.1, 0.15) is 0 Å². The van der Waals surface area contributed by atoms with Gasteiger partial charge in [-0.2, -0.15) is 0 Å². The van der Waals surface area contributed by atoms with Crippen molar-refractivity contribution in [3.8, 4) is 23.0 Å². The highest BCUT2D eigenvalue weighted by molar-refractivity contribution is 8.27. The van der Waals surface area contributed by atoms with Gasteiger partial charge in [0.25, 0.3) is 11.8 Å². The number of carbonyl (C=O) groups excluding carboxylic acids is 2. The first-order valence-corrected chi connectivity index (χ1v) is 13.1. The molecule has 0 bridgehead atoms. The van der Waals surface area contributed by atoms with Crippen molar-refractivity contribution in [3.63, 3.8) is 0 Å².